The minimum atomic E-state index is -0.329. The van der Waals surface area contributed by atoms with Crippen molar-refractivity contribution >= 4 is 11.8 Å². The number of hydrogen-bond acceptors (Lipinski definition) is 3. The number of aliphatic hydroxyl groups is 1. The summed E-state index contributed by atoms with van der Waals surface area (Å²) in [6.45, 7) is 7.04. The first-order chi connectivity index (χ1) is 11.4. The fraction of sp³-hybridized carbons (Fsp3) is 0.579. The van der Waals surface area contributed by atoms with Crippen LogP contribution < -0.4 is 5.32 Å². The number of nitrogens with zero attached hydrogens (tertiary/aromatic N) is 1. The molecule has 0 bridgehead atoms. The van der Waals surface area contributed by atoms with Gasteiger partial charge >= 0.3 is 0 Å². The Kier molecular flexibility index (Phi) is 6.37. The Morgan fingerprint density at radius 3 is 2.58 bits per heavy atom. The van der Waals surface area contributed by atoms with Crippen LogP contribution in [0.15, 0.2) is 24.3 Å². The van der Waals surface area contributed by atoms with E-state index in [1.165, 1.54) is 5.56 Å². The van der Waals surface area contributed by atoms with E-state index >= 15 is 0 Å². The molecule has 1 aliphatic rings. The molecule has 2 rings (SSSR count). The second-order valence-corrected chi connectivity index (χ2v) is 7.18. The van der Waals surface area contributed by atoms with Gasteiger partial charge in [0.1, 0.15) is 0 Å². The number of carbonyl (C=O) groups excluding carboxylic acids is 2. The highest BCUT2D eigenvalue weighted by molar-refractivity contribution is 5.89. The normalized spacial score (nSPS) is 19.0. The average molecular weight is 332 g/mol. The van der Waals surface area contributed by atoms with E-state index in [0.717, 1.165) is 12.0 Å². The summed E-state index contributed by atoms with van der Waals surface area (Å²) in [6.07, 6.45) is 0.980. The van der Waals surface area contributed by atoms with Crippen LogP contribution in [0, 0.1) is 18.8 Å². The van der Waals surface area contributed by atoms with Gasteiger partial charge in [0.05, 0.1) is 18.6 Å². The molecule has 132 valence electrons. The van der Waals surface area contributed by atoms with Crippen molar-refractivity contribution in [2.75, 3.05) is 13.2 Å². The van der Waals surface area contributed by atoms with Crippen LogP contribution >= 0.6 is 0 Å². The van der Waals surface area contributed by atoms with Crippen molar-refractivity contribution < 1.29 is 14.7 Å². The zero-order chi connectivity index (χ0) is 17.7. The second kappa shape index (κ2) is 8.29. The maximum absolute atomic E-state index is 12.4. The Balaban J connectivity index is 1.90. The van der Waals surface area contributed by atoms with Gasteiger partial charge < -0.3 is 15.3 Å². The van der Waals surface area contributed by atoms with Gasteiger partial charge in [0.2, 0.25) is 11.8 Å². The molecule has 2 amide bonds. The Hall–Kier alpha value is -1.88. The van der Waals surface area contributed by atoms with Crippen molar-refractivity contribution in [2.24, 2.45) is 11.8 Å². The number of aryl methyl sites for hydroxylation is 1. The summed E-state index contributed by atoms with van der Waals surface area (Å²) in [5.41, 5.74) is 2.26. The van der Waals surface area contributed by atoms with E-state index in [2.05, 4.69) is 19.2 Å². The third-order valence-electron chi connectivity index (χ3n) is 4.40. The number of carbonyl (C=O) groups is 2. The molecule has 1 saturated heterocycles. The molecule has 1 aliphatic heterocycles. The molecule has 0 spiro atoms. The van der Waals surface area contributed by atoms with E-state index in [9.17, 15) is 14.7 Å². The Labute approximate surface area is 144 Å². The first-order valence-corrected chi connectivity index (χ1v) is 8.63. The van der Waals surface area contributed by atoms with Gasteiger partial charge in [0.25, 0.3) is 0 Å². The molecule has 1 aromatic carbocycles. The maximum atomic E-state index is 12.4. The number of hydrogen-bond donors (Lipinski definition) is 2. The minimum absolute atomic E-state index is 0.0140. The van der Waals surface area contributed by atoms with Crippen LogP contribution in [0.1, 0.15) is 37.8 Å². The first-order valence-electron chi connectivity index (χ1n) is 8.63. The molecule has 0 radical (unpaired) electrons. The molecule has 1 fully saturated rings. The highest BCUT2D eigenvalue weighted by atomic mass is 16.3. The van der Waals surface area contributed by atoms with Crippen LogP contribution in [0.4, 0.5) is 0 Å². The lowest BCUT2D eigenvalue weighted by Crippen LogP contribution is -2.42. The van der Waals surface area contributed by atoms with Crippen molar-refractivity contribution in [2.45, 2.75) is 46.2 Å². The lowest BCUT2D eigenvalue weighted by molar-refractivity contribution is -0.129. The molecule has 2 atom stereocenters. The van der Waals surface area contributed by atoms with Crippen LogP contribution in [0.5, 0.6) is 0 Å². The van der Waals surface area contributed by atoms with Gasteiger partial charge in [-0.1, -0.05) is 43.7 Å². The van der Waals surface area contributed by atoms with E-state index in [0.29, 0.717) is 19.0 Å². The average Bonchev–Trinajstić information content (AvgIpc) is 2.89. The van der Waals surface area contributed by atoms with Crippen molar-refractivity contribution in [1.82, 2.24) is 10.2 Å². The monoisotopic (exact) mass is 332 g/mol. The van der Waals surface area contributed by atoms with E-state index in [4.69, 9.17) is 0 Å². The fourth-order valence-electron chi connectivity index (χ4n) is 3.08. The molecule has 2 N–H and O–H groups in total. The smallest absolute Gasteiger partial charge is 0.225 e. The van der Waals surface area contributed by atoms with E-state index in [1.54, 1.807) is 4.90 Å². The molecule has 0 aliphatic carbocycles. The summed E-state index contributed by atoms with van der Waals surface area (Å²) in [4.78, 5) is 26.3. The zero-order valence-corrected chi connectivity index (χ0v) is 14.8. The topological polar surface area (TPSA) is 69.6 Å². The van der Waals surface area contributed by atoms with Crippen LogP contribution in [0.2, 0.25) is 0 Å². The number of likely N-dealkylation sites (tertiary alicyclic amines) is 1. The van der Waals surface area contributed by atoms with Gasteiger partial charge in [-0.2, -0.15) is 0 Å². The molecule has 0 aromatic heterocycles. The van der Waals surface area contributed by atoms with Crippen molar-refractivity contribution in [3.8, 4) is 0 Å². The summed E-state index contributed by atoms with van der Waals surface area (Å²) in [7, 11) is 0. The maximum Gasteiger partial charge on any atom is 0.225 e. The van der Waals surface area contributed by atoms with Gasteiger partial charge in [-0.05, 0) is 24.8 Å². The molecule has 24 heavy (non-hydrogen) atoms. The van der Waals surface area contributed by atoms with E-state index in [1.807, 2.05) is 31.2 Å². The Morgan fingerprint density at radius 2 is 2.00 bits per heavy atom. The minimum Gasteiger partial charge on any atom is -0.394 e. The number of amides is 2. The molecule has 1 heterocycles. The summed E-state index contributed by atoms with van der Waals surface area (Å²) in [5.74, 6) is -0.0514. The van der Waals surface area contributed by atoms with Gasteiger partial charge in [-0.15, -0.1) is 0 Å². The van der Waals surface area contributed by atoms with Crippen molar-refractivity contribution in [1.29, 1.82) is 0 Å². The van der Waals surface area contributed by atoms with Gasteiger partial charge in [-0.25, -0.2) is 0 Å². The SMILES string of the molecule is Cc1ccc(CN2CC(C(=O)NC(CO)CC(C)C)CC2=O)cc1. The lowest BCUT2D eigenvalue weighted by Gasteiger charge is -2.21. The van der Waals surface area contributed by atoms with E-state index < -0.39 is 0 Å². The standard InChI is InChI=1S/C19H28N2O3/c1-13(2)8-17(12-22)20-19(24)16-9-18(23)21(11-16)10-15-6-4-14(3)5-7-15/h4-7,13,16-17,22H,8-12H2,1-3H3,(H,20,24). The first kappa shape index (κ1) is 18.5. The van der Waals surface area contributed by atoms with Gasteiger partial charge in [-0.3, -0.25) is 9.59 Å². The van der Waals surface area contributed by atoms with Crippen molar-refractivity contribution in [3.05, 3.63) is 35.4 Å². The molecule has 5 nitrogen and oxygen atoms in total. The number of aliphatic hydroxyl groups excluding tert-OH is 1. The van der Waals surface area contributed by atoms with Crippen LogP contribution in [0.25, 0.3) is 0 Å². The van der Waals surface area contributed by atoms with Crippen LogP contribution in [-0.2, 0) is 16.1 Å². The van der Waals surface area contributed by atoms with E-state index in [-0.39, 0.29) is 36.8 Å². The third-order valence-corrected chi connectivity index (χ3v) is 4.40. The van der Waals surface area contributed by atoms with Crippen molar-refractivity contribution in [3.63, 3.8) is 0 Å². The number of benzene rings is 1. The summed E-state index contributed by atoms with van der Waals surface area (Å²) in [6, 6.07) is 7.84. The molecule has 0 saturated carbocycles. The summed E-state index contributed by atoms with van der Waals surface area (Å²) >= 11 is 0. The quantitative estimate of drug-likeness (QED) is 0.801. The fourth-order valence-corrected chi connectivity index (χ4v) is 3.08. The van der Waals surface area contributed by atoms with Crippen LogP contribution in [-0.4, -0.2) is 41.0 Å². The lowest BCUT2D eigenvalue weighted by atomic mass is 10.0. The predicted octanol–water partition coefficient (Wildman–Crippen LogP) is 1.87. The Morgan fingerprint density at radius 1 is 1.33 bits per heavy atom. The molecule has 1 aromatic rings. The molecular formula is C19H28N2O3. The van der Waals surface area contributed by atoms with Gasteiger partial charge in [0.15, 0.2) is 0 Å². The third kappa shape index (κ3) is 5.06. The molecule has 5 heteroatoms. The predicted molar refractivity (Wildman–Crippen MR) is 93.2 cm³/mol. The van der Waals surface area contributed by atoms with Crippen LogP contribution in [0.3, 0.4) is 0 Å². The second-order valence-electron chi connectivity index (χ2n) is 7.18. The highest BCUT2D eigenvalue weighted by Crippen LogP contribution is 2.21. The van der Waals surface area contributed by atoms with Gasteiger partial charge in [0, 0.05) is 19.5 Å². The Bertz CT molecular complexity index is 568. The summed E-state index contributed by atoms with van der Waals surface area (Å²) in [5, 5.41) is 12.3. The number of rotatable bonds is 7. The summed E-state index contributed by atoms with van der Waals surface area (Å²) < 4.78 is 0. The molecule has 2 unspecified atom stereocenters. The molecular weight excluding hydrogens is 304 g/mol. The largest absolute Gasteiger partial charge is 0.394 e. The zero-order valence-electron chi connectivity index (χ0n) is 14.8. The highest BCUT2D eigenvalue weighted by Gasteiger charge is 2.34. The number of nitrogens with one attached hydrogen (secondary N) is 1.